The Labute approximate surface area is 149 Å². The lowest BCUT2D eigenvalue weighted by Crippen LogP contribution is -2.30. The summed E-state index contributed by atoms with van der Waals surface area (Å²) in [7, 11) is 0. The Balaban J connectivity index is 1.62. The highest BCUT2D eigenvalue weighted by molar-refractivity contribution is 7.16. The van der Waals surface area contributed by atoms with Gasteiger partial charge in [-0.3, -0.25) is 4.79 Å². The van der Waals surface area contributed by atoms with E-state index in [1.807, 2.05) is 24.3 Å². The minimum atomic E-state index is -0.893. The van der Waals surface area contributed by atoms with Gasteiger partial charge in [0.25, 0.3) is 5.91 Å². The van der Waals surface area contributed by atoms with Crippen molar-refractivity contribution in [2.75, 3.05) is 5.32 Å². The lowest BCUT2D eigenvalue weighted by molar-refractivity contribution is -0.123. The van der Waals surface area contributed by atoms with Gasteiger partial charge in [0, 0.05) is 5.69 Å². The van der Waals surface area contributed by atoms with Crippen LogP contribution in [0, 0.1) is 0 Å². The highest BCUT2D eigenvalue weighted by Gasteiger charge is 2.19. The predicted molar refractivity (Wildman–Crippen MR) is 98.9 cm³/mol. The fraction of sp³-hybridized carbons (Fsp3) is 0.211. The van der Waals surface area contributed by atoms with E-state index in [9.17, 15) is 9.59 Å². The van der Waals surface area contributed by atoms with Crippen LogP contribution < -0.4 is 5.32 Å². The maximum absolute atomic E-state index is 12.2. The molecule has 1 heterocycles. The first-order valence-electron chi connectivity index (χ1n) is 8.01. The molecule has 0 unspecified atom stereocenters. The number of nitrogens with one attached hydrogen (secondary N) is 1. The van der Waals surface area contributed by atoms with E-state index in [4.69, 9.17) is 4.74 Å². The summed E-state index contributed by atoms with van der Waals surface area (Å²) in [5, 5.41) is 2.75. The lowest BCUT2D eigenvalue weighted by Gasteiger charge is -2.14. The van der Waals surface area contributed by atoms with Crippen molar-refractivity contribution in [2.24, 2.45) is 0 Å². The van der Waals surface area contributed by atoms with Gasteiger partial charge in [0.15, 0.2) is 6.10 Å². The number of aryl methyl sites for hydroxylation is 1. The number of thiazole rings is 1. The summed E-state index contributed by atoms with van der Waals surface area (Å²) in [6.07, 6.45) is 0.0438. The Bertz CT molecular complexity index is 902. The van der Waals surface area contributed by atoms with Crippen molar-refractivity contribution in [3.63, 3.8) is 0 Å². The molecule has 25 heavy (non-hydrogen) atoms. The van der Waals surface area contributed by atoms with Crippen molar-refractivity contribution in [1.29, 1.82) is 0 Å². The van der Waals surface area contributed by atoms with Crippen molar-refractivity contribution in [3.8, 4) is 0 Å². The van der Waals surface area contributed by atoms with Gasteiger partial charge in [0.1, 0.15) is 0 Å². The standard InChI is InChI=1S/C19H18N2O3S/c1-3-13-4-7-15(8-5-13)21-18(22)12(2)24-19(23)14-6-9-16-17(10-14)25-11-20-16/h4-12H,3H2,1-2H3,(H,21,22)/t12-/m1/s1. The fourth-order valence-corrected chi connectivity index (χ4v) is 3.05. The molecular weight excluding hydrogens is 336 g/mol. The van der Waals surface area contributed by atoms with Crippen molar-refractivity contribution in [1.82, 2.24) is 4.98 Å². The van der Waals surface area contributed by atoms with Gasteiger partial charge in [0.05, 0.1) is 21.3 Å². The van der Waals surface area contributed by atoms with Gasteiger partial charge in [-0.1, -0.05) is 19.1 Å². The van der Waals surface area contributed by atoms with Crippen LogP contribution in [0.3, 0.4) is 0 Å². The van der Waals surface area contributed by atoms with Gasteiger partial charge < -0.3 is 10.1 Å². The number of nitrogens with zero attached hydrogens (tertiary/aromatic N) is 1. The molecule has 6 heteroatoms. The van der Waals surface area contributed by atoms with E-state index in [1.54, 1.807) is 30.6 Å². The van der Waals surface area contributed by atoms with Crippen LogP contribution in [-0.2, 0) is 16.0 Å². The number of hydrogen-bond donors (Lipinski definition) is 1. The fourth-order valence-electron chi connectivity index (χ4n) is 2.33. The molecule has 0 saturated heterocycles. The molecule has 0 spiro atoms. The average Bonchev–Trinajstić information content (AvgIpc) is 3.09. The summed E-state index contributed by atoms with van der Waals surface area (Å²) in [4.78, 5) is 28.6. The largest absolute Gasteiger partial charge is 0.449 e. The van der Waals surface area contributed by atoms with Gasteiger partial charge in [-0.15, -0.1) is 11.3 Å². The van der Waals surface area contributed by atoms with Gasteiger partial charge in [0.2, 0.25) is 0 Å². The molecule has 1 aromatic heterocycles. The molecule has 0 aliphatic carbocycles. The van der Waals surface area contributed by atoms with E-state index in [0.29, 0.717) is 11.3 Å². The summed E-state index contributed by atoms with van der Waals surface area (Å²) >= 11 is 1.45. The van der Waals surface area contributed by atoms with Crippen LogP contribution in [0.15, 0.2) is 48.0 Å². The van der Waals surface area contributed by atoms with Crippen LogP contribution in [0.25, 0.3) is 10.2 Å². The molecule has 1 amide bonds. The number of amides is 1. The zero-order valence-electron chi connectivity index (χ0n) is 14.0. The number of benzene rings is 2. The summed E-state index contributed by atoms with van der Waals surface area (Å²) in [5.41, 5.74) is 4.83. The molecule has 3 rings (SSSR count). The van der Waals surface area contributed by atoms with E-state index in [2.05, 4.69) is 17.2 Å². The van der Waals surface area contributed by atoms with Gasteiger partial charge in [-0.25, -0.2) is 9.78 Å². The van der Waals surface area contributed by atoms with Crippen LogP contribution in [0.4, 0.5) is 5.69 Å². The Kier molecular flexibility index (Phi) is 5.09. The van der Waals surface area contributed by atoms with E-state index < -0.39 is 12.1 Å². The van der Waals surface area contributed by atoms with Gasteiger partial charge in [-0.05, 0) is 49.2 Å². The second kappa shape index (κ2) is 7.44. The first kappa shape index (κ1) is 17.1. The third-order valence-electron chi connectivity index (χ3n) is 3.85. The van der Waals surface area contributed by atoms with Crippen molar-refractivity contribution in [2.45, 2.75) is 26.4 Å². The summed E-state index contributed by atoms with van der Waals surface area (Å²) < 4.78 is 6.18. The van der Waals surface area contributed by atoms with Crippen LogP contribution >= 0.6 is 11.3 Å². The zero-order chi connectivity index (χ0) is 17.8. The number of aromatic nitrogens is 1. The van der Waals surface area contributed by atoms with Crippen LogP contribution in [0.5, 0.6) is 0 Å². The highest BCUT2D eigenvalue weighted by atomic mass is 32.1. The summed E-state index contributed by atoms with van der Waals surface area (Å²) in [6.45, 7) is 3.62. The molecular formula is C19H18N2O3S. The van der Waals surface area contributed by atoms with Crippen molar-refractivity contribution >= 4 is 39.1 Å². The second-order valence-corrected chi connectivity index (χ2v) is 6.51. The molecule has 0 aliphatic heterocycles. The maximum Gasteiger partial charge on any atom is 0.338 e. The summed E-state index contributed by atoms with van der Waals surface area (Å²) in [6, 6.07) is 12.7. The number of ether oxygens (including phenoxy) is 1. The first-order chi connectivity index (χ1) is 12.1. The molecule has 0 radical (unpaired) electrons. The smallest absolute Gasteiger partial charge is 0.338 e. The molecule has 1 N–H and O–H groups in total. The van der Waals surface area contributed by atoms with E-state index in [0.717, 1.165) is 16.6 Å². The van der Waals surface area contributed by atoms with E-state index in [-0.39, 0.29) is 5.91 Å². The predicted octanol–water partition coefficient (Wildman–Crippen LogP) is 4.04. The molecule has 5 nitrogen and oxygen atoms in total. The number of hydrogen-bond acceptors (Lipinski definition) is 5. The van der Waals surface area contributed by atoms with Gasteiger partial charge in [-0.2, -0.15) is 0 Å². The number of rotatable bonds is 5. The third-order valence-corrected chi connectivity index (χ3v) is 4.64. The number of fused-ring (bicyclic) bond motifs is 1. The number of anilines is 1. The molecule has 0 aliphatic rings. The number of carbonyl (C=O) groups excluding carboxylic acids is 2. The zero-order valence-corrected chi connectivity index (χ0v) is 14.8. The van der Waals surface area contributed by atoms with Gasteiger partial charge >= 0.3 is 5.97 Å². The highest BCUT2D eigenvalue weighted by Crippen LogP contribution is 2.20. The second-order valence-electron chi connectivity index (χ2n) is 5.62. The Morgan fingerprint density at radius 3 is 2.68 bits per heavy atom. The monoisotopic (exact) mass is 354 g/mol. The number of esters is 1. The Morgan fingerprint density at radius 2 is 1.96 bits per heavy atom. The topological polar surface area (TPSA) is 68.3 Å². The third kappa shape index (κ3) is 4.03. The Morgan fingerprint density at radius 1 is 1.20 bits per heavy atom. The lowest BCUT2D eigenvalue weighted by atomic mass is 10.1. The Hall–Kier alpha value is -2.73. The molecule has 0 saturated carbocycles. The molecule has 0 fully saturated rings. The summed E-state index contributed by atoms with van der Waals surface area (Å²) in [5.74, 6) is -0.893. The maximum atomic E-state index is 12.2. The SMILES string of the molecule is CCc1ccc(NC(=O)[C@@H](C)OC(=O)c2ccc3ncsc3c2)cc1. The van der Waals surface area contributed by atoms with Crippen LogP contribution in [0.1, 0.15) is 29.8 Å². The van der Waals surface area contributed by atoms with E-state index in [1.165, 1.54) is 16.9 Å². The molecule has 0 bridgehead atoms. The molecule has 128 valence electrons. The van der Waals surface area contributed by atoms with Crippen LogP contribution in [-0.4, -0.2) is 23.0 Å². The van der Waals surface area contributed by atoms with E-state index >= 15 is 0 Å². The van der Waals surface area contributed by atoms with Crippen molar-refractivity contribution in [3.05, 3.63) is 59.1 Å². The van der Waals surface area contributed by atoms with Crippen LogP contribution in [0.2, 0.25) is 0 Å². The quantitative estimate of drug-likeness (QED) is 0.702. The number of carbonyl (C=O) groups is 2. The molecule has 2 aromatic carbocycles. The minimum absolute atomic E-state index is 0.364. The first-order valence-corrected chi connectivity index (χ1v) is 8.89. The molecule has 3 aromatic rings. The normalized spacial score (nSPS) is 11.9. The molecule has 1 atom stereocenters. The van der Waals surface area contributed by atoms with Crippen molar-refractivity contribution < 1.29 is 14.3 Å². The minimum Gasteiger partial charge on any atom is -0.449 e. The average molecular weight is 354 g/mol.